The Kier molecular flexibility index (Phi) is 4.15. The fraction of sp³-hybridized carbons (Fsp3) is 0.0870. The van der Waals surface area contributed by atoms with Crippen LogP contribution in [0.3, 0.4) is 0 Å². The van der Waals surface area contributed by atoms with Gasteiger partial charge in [0.2, 0.25) is 0 Å². The summed E-state index contributed by atoms with van der Waals surface area (Å²) in [6.07, 6.45) is 1.58. The quantitative estimate of drug-likeness (QED) is 0.651. The average Bonchev–Trinajstić information content (AvgIpc) is 3.07. The van der Waals surface area contributed by atoms with Crippen LogP contribution in [-0.2, 0) is 10.4 Å². The third-order valence-corrected chi connectivity index (χ3v) is 4.85. The topological polar surface area (TPSA) is 29.5 Å². The molecule has 3 aromatic rings. The number of benzene rings is 3. The average molecular weight is 341 g/mol. The van der Waals surface area contributed by atoms with E-state index in [4.69, 9.17) is 4.84 Å². The van der Waals surface area contributed by atoms with Gasteiger partial charge in [0.1, 0.15) is 11.8 Å². The summed E-state index contributed by atoms with van der Waals surface area (Å²) in [5.41, 5.74) is 2.43. The van der Waals surface area contributed by atoms with E-state index in [9.17, 15) is 4.79 Å². The zero-order valence-electron chi connectivity index (χ0n) is 14.5. The molecule has 0 atom stereocenters. The predicted molar refractivity (Wildman–Crippen MR) is 101 cm³/mol. The number of ketones is 1. The summed E-state index contributed by atoms with van der Waals surface area (Å²) in [5.74, 6) is -0.0392. The summed E-state index contributed by atoms with van der Waals surface area (Å²) in [6.45, 7) is 0. The first kappa shape index (κ1) is 16.3. The van der Waals surface area contributed by atoms with Crippen molar-refractivity contribution in [3.63, 3.8) is 0 Å². The van der Waals surface area contributed by atoms with E-state index < -0.39 is 5.54 Å². The molecule has 3 heteroatoms. The van der Waals surface area contributed by atoms with Crippen molar-refractivity contribution < 1.29 is 9.63 Å². The monoisotopic (exact) mass is 341 g/mol. The SMILES string of the molecule is CN1OC=C(C(=O)c2ccccc2)C1(c1ccccc1)c1ccccc1. The maximum absolute atomic E-state index is 13.4. The molecule has 128 valence electrons. The minimum absolute atomic E-state index is 0.0392. The highest BCUT2D eigenvalue weighted by Gasteiger charge is 2.50. The molecule has 0 aromatic heterocycles. The molecule has 26 heavy (non-hydrogen) atoms. The number of rotatable bonds is 4. The zero-order valence-corrected chi connectivity index (χ0v) is 14.5. The van der Waals surface area contributed by atoms with Crippen LogP contribution in [0.2, 0.25) is 0 Å². The fourth-order valence-electron chi connectivity index (χ4n) is 3.63. The van der Waals surface area contributed by atoms with Crippen LogP contribution >= 0.6 is 0 Å². The summed E-state index contributed by atoms with van der Waals surface area (Å²) in [4.78, 5) is 19.2. The molecule has 1 heterocycles. The standard InChI is InChI=1S/C23H19NO2/c1-24-23(19-13-7-3-8-14-19,20-15-9-4-10-16-20)21(17-26-24)22(25)18-11-5-2-6-12-18/h2-17H,1H3. The molecule has 3 nitrogen and oxygen atoms in total. The van der Waals surface area contributed by atoms with Crippen LogP contribution in [0, 0.1) is 0 Å². The summed E-state index contributed by atoms with van der Waals surface area (Å²) in [5, 5.41) is 1.76. The largest absolute Gasteiger partial charge is 0.412 e. The molecule has 1 aliphatic rings. The first-order valence-corrected chi connectivity index (χ1v) is 8.56. The molecular weight excluding hydrogens is 322 g/mol. The number of hydrogen-bond acceptors (Lipinski definition) is 3. The number of carbonyl (C=O) groups excluding carboxylic acids is 1. The maximum Gasteiger partial charge on any atom is 0.194 e. The second-order valence-corrected chi connectivity index (χ2v) is 6.27. The number of hydroxylamine groups is 2. The van der Waals surface area contributed by atoms with E-state index in [2.05, 4.69) is 0 Å². The molecule has 0 fully saturated rings. The Morgan fingerprint density at radius 2 is 1.23 bits per heavy atom. The van der Waals surface area contributed by atoms with Crippen LogP contribution in [0.4, 0.5) is 0 Å². The van der Waals surface area contributed by atoms with Crippen molar-refractivity contribution in [3.05, 3.63) is 120 Å². The van der Waals surface area contributed by atoms with Gasteiger partial charge in [-0.05, 0) is 11.1 Å². The summed E-state index contributed by atoms with van der Waals surface area (Å²) in [6, 6.07) is 29.3. The molecular formula is C23H19NO2. The smallest absolute Gasteiger partial charge is 0.194 e. The number of hydrogen-bond donors (Lipinski definition) is 0. The third kappa shape index (κ3) is 2.45. The van der Waals surface area contributed by atoms with Crippen molar-refractivity contribution >= 4 is 5.78 Å². The van der Waals surface area contributed by atoms with E-state index in [0.717, 1.165) is 11.1 Å². The van der Waals surface area contributed by atoms with E-state index in [1.807, 2.05) is 98.0 Å². The van der Waals surface area contributed by atoms with Gasteiger partial charge >= 0.3 is 0 Å². The lowest BCUT2D eigenvalue weighted by Crippen LogP contribution is -2.43. The van der Waals surface area contributed by atoms with E-state index in [1.54, 1.807) is 11.3 Å². The minimum Gasteiger partial charge on any atom is -0.412 e. The van der Waals surface area contributed by atoms with Crippen molar-refractivity contribution in [3.8, 4) is 0 Å². The molecule has 0 amide bonds. The number of Topliss-reactive ketones (excluding diaryl/α,β-unsaturated/α-hetero) is 1. The first-order valence-electron chi connectivity index (χ1n) is 8.56. The molecule has 0 unspecified atom stereocenters. The van der Waals surface area contributed by atoms with Gasteiger partial charge in [-0.1, -0.05) is 91.0 Å². The van der Waals surface area contributed by atoms with Crippen LogP contribution in [0.15, 0.2) is 103 Å². The summed E-state index contributed by atoms with van der Waals surface area (Å²) >= 11 is 0. The molecule has 0 N–H and O–H groups in total. The van der Waals surface area contributed by atoms with Gasteiger partial charge in [0.05, 0.1) is 5.57 Å². The van der Waals surface area contributed by atoms with Gasteiger partial charge in [-0.25, -0.2) is 0 Å². The first-order chi connectivity index (χ1) is 12.7. The minimum atomic E-state index is -0.796. The molecule has 0 aliphatic carbocycles. The van der Waals surface area contributed by atoms with Crippen LogP contribution in [0.1, 0.15) is 21.5 Å². The normalized spacial score (nSPS) is 16.0. The lowest BCUT2D eigenvalue weighted by molar-refractivity contribution is -0.110. The molecule has 0 spiro atoms. The van der Waals surface area contributed by atoms with Crippen LogP contribution < -0.4 is 0 Å². The summed E-state index contributed by atoms with van der Waals surface area (Å²) in [7, 11) is 1.86. The Balaban J connectivity index is 1.94. The Morgan fingerprint density at radius 3 is 1.73 bits per heavy atom. The Morgan fingerprint density at radius 1 is 0.769 bits per heavy atom. The van der Waals surface area contributed by atoms with Crippen molar-refractivity contribution in [1.29, 1.82) is 0 Å². The maximum atomic E-state index is 13.4. The highest BCUT2D eigenvalue weighted by Crippen LogP contribution is 2.46. The molecule has 4 rings (SSSR count). The van der Waals surface area contributed by atoms with Crippen LogP contribution in [-0.4, -0.2) is 17.9 Å². The molecule has 0 saturated carbocycles. The van der Waals surface area contributed by atoms with Gasteiger partial charge in [-0.2, -0.15) is 0 Å². The van der Waals surface area contributed by atoms with Crippen LogP contribution in [0.5, 0.6) is 0 Å². The molecule has 3 aromatic carbocycles. The summed E-state index contributed by atoms with van der Waals surface area (Å²) < 4.78 is 0. The second kappa shape index (κ2) is 6.62. The van der Waals surface area contributed by atoms with Crippen molar-refractivity contribution in [1.82, 2.24) is 5.06 Å². The number of nitrogens with zero attached hydrogens (tertiary/aromatic N) is 1. The fourth-order valence-corrected chi connectivity index (χ4v) is 3.63. The molecule has 0 radical (unpaired) electrons. The van der Waals surface area contributed by atoms with E-state index in [-0.39, 0.29) is 5.78 Å². The highest BCUT2D eigenvalue weighted by atomic mass is 16.7. The van der Waals surface area contributed by atoms with Gasteiger partial charge < -0.3 is 4.84 Å². The Labute approximate surface area is 153 Å². The van der Waals surface area contributed by atoms with Gasteiger partial charge in [-0.3, -0.25) is 4.79 Å². The lowest BCUT2D eigenvalue weighted by Gasteiger charge is -2.37. The second-order valence-electron chi connectivity index (χ2n) is 6.27. The molecule has 0 saturated heterocycles. The van der Waals surface area contributed by atoms with Crippen LogP contribution in [0.25, 0.3) is 0 Å². The Bertz CT molecular complexity index is 894. The van der Waals surface area contributed by atoms with Gasteiger partial charge in [0.15, 0.2) is 5.78 Å². The zero-order chi connectivity index (χ0) is 18.0. The van der Waals surface area contributed by atoms with Crippen molar-refractivity contribution in [2.45, 2.75) is 5.54 Å². The van der Waals surface area contributed by atoms with Gasteiger partial charge in [0, 0.05) is 12.6 Å². The van der Waals surface area contributed by atoms with Gasteiger partial charge in [-0.15, -0.1) is 5.06 Å². The highest BCUT2D eigenvalue weighted by molar-refractivity contribution is 6.10. The lowest BCUT2D eigenvalue weighted by atomic mass is 9.75. The third-order valence-electron chi connectivity index (χ3n) is 4.85. The number of likely N-dealkylation sites (N-methyl/N-ethyl adjacent to an activating group) is 1. The predicted octanol–water partition coefficient (Wildman–Crippen LogP) is 4.57. The van der Waals surface area contributed by atoms with E-state index in [0.29, 0.717) is 11.1 Å². The molecule has 0 bridgehead atoms. The van der Waals surface area contributed by atoms with Crippen molar-refractivity contribution in [2.75, 3.05) is 7.05 Å². The number of carbonyl (C=O) groups is 1. The van der Waals surface area contributed by atoms with E-state index in [1.165, 1.54) is 0 Å². The molecule has 1 aliphatic heterocycles. The van der Waals surface area contributed by atoms with E-state index >= 15 is 0 Å². The van der Waals surface area contributed by atoms with Gasteiger partial charge in [0.25, 0.3) is 0 Å². The van der Waals surface area contributed by atoms with Crippen molar-refractivity contribution in [2.24, 2.45) is 0 Å². The Hall–Kier alpha value is -3.17.